The Kier molecular flexibility index (Phi) is 7.13. The molecule has 2 aromatic heterocycles. The van der Waals surface area contributed by atoms with Crippen LogP contribution in [0, 0.1) is 23.2 Å². The Morgan fingerprint density at radius 3 is 2.56 bits per heavy atom. The van der Waals surface area contributed by atoms with Crippen molar-refractivity contribution in [2.24, 2.45) is 0 Å². The SMILES string of the molecule is N#Cc1cc(-c2ccnc(Nc3ccc(C#Cc4cccnc4)cc3)n2)ccc1OC1CCOCC1. The van der Waals surface area contributed by atoms with Crippen molar-refractivity contribution >= 4 is 11.6 Å². The van der Waals surface area contributed by atoms with Crippen LogP contribution in [0.2, 0.25) is 0 Å². The van der Waals surface area contributed by atoms with Gasteiger partial charge in [-0.25, -0.2) is 9.97 Å². The minimum atomic E-state index is 0.0688. The van der Waals surface area contributed by atoms with Crippen molar-refractivity contribution in [3.05, 3.63) is 95.9 Å². The Bertz CT molecular complexity index is 1430. The van der Waals surface area contributed by atoms with Gasteiger partial charge in [0.1, 0.15) is 17.9 Å². The highest BCUT2D eigenvalue weighted by molar-refractivity contribution is 5.66. The first kappa shape index (κ1) is 23.0. The van der Waals surface area contributed by atoms with E-state index in [-0.39, 0.29) is 6.10 Å². The normalized spacial score (nSPS) is 13.2. The van der Waals surface area contributed by atoms with E-state index in [9.17, 15) is 5.26 Å². The van der Waals surface area contributed by atoms with Crippen molar-refractivity contribution in [3.63, 3.8) is 0 Å². The molecule has 7 nitrogen and oxygen atoms in total. The minimum absolute atomic E-state index is 0.0688. The van der Waals surface area contributed by atoms with Crippen molar-refractivity contribution in [3.8, 4) is 34.9 Å². The molecular formula is C29H23N5O2. The van der Waals surface area contributed by atoms with Crippen molar-refractivity contribution in [2.75, 3.05) is 18.5 Å². The lowest BCUT2D eigenvalue weighted by Gasteiger charge is -2.23. The van der Waals surface area contributed by atoms with Gasteiger partial charge >= 0.3 is 0 Å². The first-order valence-corrected chi connectivity index (χ1v) is 11.7. The Labute approximate surface area is 209 Å². The topological polar surface area (TPSA) is 93.0 Å². The molecule has 1 saturated heterocycles. The van der Waals surface area contributed by atoms with E-state index < -0.39 is 0 Å². The second kappa shape index (κ2) is 11.1. The molecular weight excluding hydrogens is 450 g/mol. The van der Waals surface area contributed by atoms with E-state index in [1.54, 1.807) is 24.7 Å². The van der Waals surface area contributed by atoms with Crippen LogP contribution < -0.4 is 10.1 Å². The molecule has 0 atom stereocenters. The van der Waals surface area contributed by atoms with Gasteiger partial charge in [0.25, 0.3) is 0 Å². The third-order valence-electron chi connectivity index (χ3n) is 5.67. The summed E-state index contributed by atoms with van der Waals surface area (Å²) >= 11 is 0. The summed E-state index contributed by atoms with van der Waals surface area (Å²) in [5, 5.41) is 12.9. The molecule has 4 aromatic rings. The molecule has 0 unspecified atom stereocenters. The van der Waals surface area contributed by atoms with Crippen LogP contribution in [-0.4, -0.2) is 34.3 Å². The molecule has 0 spiro atoms. The summed E-state index contributed by atoms with van der Waals surface area (Å²) in [7, 11) is 0. The summed E-state index contributed by atoms with van der Waals surface area (Å²) in [5.41, 5.74) is 4.61. The van der Waals surface area contributed by atoms with Gasteiger partial charge in [0.05, 0.1) is 24.5 Å². The summed E-state index contributed by atoms with van der Waals surface area (Å²) in [6, 6.07) is 21.1. The zero-order valence-electron chi connectivity index (χ0n) is 19.5. The van der Waals surface area contributed by atoms with Crippen LogP contribution in [0.25, 0.3) is 11.3 Å². The van der Waals surface area contributed by atoms with E-state index in [0.717, 1.165) is 35.2 Å². The molecule has 0 bridgehead atoms. The van der Waals surface area contributed by atoms with Crippen LogP contribution in [0.5, 0.6) is 5.75 Å². The highest BCUT2D eigenvalue weighted by Crippen LogP contribution is 2.28. The molecule has 1 aliphatic rings. The maximum absolute atomic E-state index is 9.68. The van der Waals surface area contributed by atoms with Crippen LogP contribution in [-0.2, 0) is 4.74 Å². The summed E-state index contributed by atoms with van der Waals surface area (Å²) in [6.07, 6.45) is 6.87. The molecule has 36 heavy (non-hydrogen) atoms. The fourth-order valence-corrected chi connectivity index (χ4v) is 3.78. The Balaban J connectivity index is 1.28. The van der Waals surface area contributed by atoms with Crippen LogP contribution in [0.15, 0.2) is 79.3 Å². The number of aromatic nitrogens is 3. The molecule has 5 rings (SSSR count). The number of anilines is 2. The number of pyridine rings is 1. The van der Waals surface area contributed by atoms with E-state index in [2.05, 4.69) is 38.2 Å². The molecule has 0 amide bonds. The first-order valence-electron chi connectivity index (χ1n) is 11.7. The monoisotopic (exact) mass is 473 g/mol. The Morgan fingerprint density at radius 1 is 0.944 bits per heavy atom. The average molecular weight is 474 g/mol. The molecule has 0 saturated carbocycles. The molecule has 3 heterocycles. The van der Waals surface area contributed by atoms with Crippen LogP contribution >= 0.6 is 0 Å². The summed E-state index contributed by atoms with van der Waals surface area (Å²) in [5.74, 6) is 7.28. The Hall–Kier alpha value is -4.72. The van der Waals surface area contributed by atoms with Gasteiger partial charge in [0, 0.05) is 53.8 Å². The number of nitriles is 1. The second-order valence-corrected chi connectivity index (χ2v) is 8.21. The lowest BCUT2D eigenvalue weighted by Crippen LogP contribution is -2.26. The molecule has 1 fully saturated rings. The molecule has 176 valence electrons. The van der Waals surface area contributed by atoms with Gasteiger partial charge in [-0.1, -0.05) is 11.8 Å². The molecule has 0 aliphatic carbocycles. The molecule has 1 aliphatic heterocycles. The maximum atomic E-state index is 9.68. The highest BCUT2D eigenvalue weighted by atomic mass is 16.5. The first-order chi connectivity index (χ1) is 17.8. The zero-order chi connectivity index (χ0) is 24.6. The quantitative estimate of drug-likeness (QED) is 0.403. The molecule has 0 radical (unpaired) electrons. The summed E-state index contributed by atoms with van der Waals surface area (Å²) < 4.78 is 11.4. The fourth-order valence-electron chi connectivity index (χ4n) is 3.78. The summed E-state index contributed by atoms with van der Waals surface area (Å²) in [4.78, 5) is 13.0. The van der Waals surface area contributed by atoms with Crippen molar-refractivity contribution < 1.29 is 9.47 Å². The van der Waals surface area contributed by atoms with Gasteiger partial charge in [0.15, 0.2) is 0 Å². The maximum Gasteiger partial charge on any atom is 0.227 e. The Morgan fingerprint density at radius 2 is 1.78 bits per heavy atom. The number of nitrogens with zero attached hydrogens (tertiary/aromatic N) is 4. The number of hydrogen-bond donors (Lipinski definition) is 1. The van der Waals surface area contributed by atoms with Gasteiger partial charge in [-0.05, 0) is 60.7 Å². The smallest absolute Gasteiger partial charge is 0.227 e. The van der Waals surface area contributed by atoms with Gasteiger partial charge in [-0.3, -0.25) is 4.98 Å². The average Bonchev–Trinajstić information content (AvgIpc) is 2.94. The number of rotatable bonds is 5. The van der Waals surface area contributed by atoms with Gasteiger partial charge in [-0.15, -0.1) is 0 Å². The molecule has 1 N–H and O–H groups in total. The number of benzene rings is 2. The van der Waals surface area contributed by atoms with Crippen LogP contribution in [0.4, 0.5) is 11.6 Å². The number of ether oxygens (including phenoxy) is 2. The summed E-state index contributed by atoms with van der Waals surface area (Å²) in [6.45, 7) is 1.37. The fraction of sp³-hybridized carbons (Fsp3) is 0.172. The van der Waals surface area contributed by atoms with E-state index in [1.165, 1.54) is 0 Å². The van der Waals surface area contributed by atoms with Crippen LogP contribution in [0.3, 0.4) is 0 Å². The van der Waals surface area contributed by atoms with Crippen LogP contribution in [0.1, 0.15) is 29.5 Å². The van der Waals surface area contributed by atoms with Gasteiger partial charge in [0.2, 0.25) is 5.95 Å². The number of hydrogen-bond acceptors (Lipinski definition) is 7. The third kappa shape index (κ3) is 5.85. The predicted octanol–water partition coefficient (Wildman–Crippen LogP) is 5.11. The lowest BCUT2D eigenvalue weighted by molar-refractivity contribution is 0.0254. The highest BCUT2D eigenvalue weighted by Gasteiger charge is 2.17. The predicted molar refractivity (Wildman–Crippen MR) is 137 cm³/mol. The van der Waals surface area contributed by atoms with E-state index in [1.807, 2.05) is 54.6 Å². The van der Waals surface area contributed by atoms with E-state index in [4.69, 9.17) is 9.47 Å². The molecule has 2 aromatic carbocycles. The van der Waals surface area contributed by atoms with E-state index >= 15 is 0 Å². The number of nitrogens with one attached hydrogen (secondary N) is 1. The van der Waals surface area contributed by atoms with E-state index in [0.29, 0.717) is 36.2 Å². The zero-order valence-corrected chi connectivity index (χ0v) is 19.5. The van der Waals surface area contributed by atoms with Gasteiger partial charge < -0.3 is 14.8 Å². The van der Waals surface area contributed by atoms with Crippen molar-refractivity contribution in [2.45, 2.75) is 18.9 Å². The van der Waals surface area contributed by atoms with Crippen molar-refractivity contribution in [1.82, 2.24) is 15.0 Å². The largest absolute Gasteiger partial charge is 0.489 e. The minimum Gasteiger partial charge on any atom is -0.489 e. The van der Waals surface area contributed by atoms with Gasteiger partial charge in [-0.2, -0.15) is 5.26 Å². The second-order valence-electron chi connectivity index (χ2n) is 8.21. The third-order valence-corrected chi connectivity index (χ3v) is 5.67. The standard InChI is InChI=1S/C29H23N5O2/c30-19-24-18-23(7-10-28(24)36-26-12-16-35-17-13-26)27-11-15-32-29(34-27)33-25-8-5-21(6-9-25)3-4-22-2-1-14-31-20-22/h1-2,5-11,14-15,18,20,26H,12-13,16-17H2,(H,32,33,34). The van der Waals surface area contributed by atoms with Crippen molar-refractivity contribution in [1.29, 1.82) is 5.26 Å². The lowest BCUT2D eigenvalue weighted by atomic mass is 10.1. The molecule has 7 heteroatoms.